The first kappa shape index (κ1) is 14.1. The van der Waals surface area contributed by atoms with Crippen molar-refractivity contribution in [1.29, 1.82) is 0 Å². The second kappa shape index (κ2) is 4.98. The highest BCUT2D eigenvalue weighted by Gasteiger charge is 2.13. The number of nitro groups is 1. The normalized spacial score (nSPS) is 11.5. The predicted molar refractivity (Wildman–Crippen MR) is 65.8 cm³/mol. The highest BCUT2D eigenvalue weighted by Crippen LogP contribution is 2.17. The molecule has 106 valence electrons. The van der Waals surface area contributed by atoms with Crippen LogP contribution in [0.4, 0.5) is 10.1 Å². The van der Waals surface area contributed by atoms with Gasteiger partial charge in [-0.3, -0.25) is 10.1 Å². The van der Waals surface area contributed by atoms with E-state index in [9.17, 15) is 22.9 Å². The number of primary sulfonamides is 1. The predicted octanol–water partition coefficient (Wildman–Crippen LogP) is 0.626. The standard InChI is InChI=1S/C10H9FN4O4S/c11-8-1-7(2-9(3-8)15(16)17)4-14-5-10(13-6-14)20(12,18)19/h1-3,5-6H,4H2,(H2,12,18,19). The van der Waals surface area contributed by atoms with Gasteiger partial charge < -0.3 is 4.57 Å². The van der Waals surface area contributed by atoms with E-state index in [-0.39, 0.29) is 17.3 Å². The van der Waals surface area contributed by atoms with Crippen LogP contribution >= 0.6 is 0 Å². The fourth-order valence-electron chi connectivity index (χ4n) is 1.61. The summed E-state index contributed by atoms with van der Waals surface area (Å²) in [4.78, 5) is 13.5. The van der Waals surface area contributed by atoms with Crippen LogP contribution in [0.25, 0.3) is 0 Å². The summed E-state index contributed by atoms with van der Waals surface area (Å²) in [6, 6.07) is 3.11. The van der Waals surface area contributed by atoms with Crippen molar-refractivity contribution in [3.05, 3.63) is 52.2 Å². The number of aromatic nitrogens is 2. The molecule has 1 aromatic heterocycles. The molecule has 0 aliphatic heterocycles. The van der Waals surface area contributed by atoms with Gasteiger partial charge in [-0.25, -0.2) is 22.9 Å². The molecule has 0 saturated heterocycles. The molecule has 20 heavy (non-hydrogen) atoms. The zero-order valence-corrected chi connectivity index (χ0v) is 10.7. The fourth-order valence-corrected chi connectivity index (χ4v) is 2.09. The van der Waals surface area contributed by atoms with Crippen molar-refractivity contribution >= 4 is 15.7 Å². The average Bonchev–Trinajstić information content (AvgIpc) is 2.76. The van der Waals surface area contributed by atoms with E-state index in [1.807, 2.05) is 0 Å². The van der Waals surface area contributed by atoms with Crippen LogP contribution in [0.15, 0.2) is 35.7 Å². The number of nitrogens with two attached hydrogens (primary N) is 1. The number of imidazole rings is 1. The van der Waals surface area contributed by atoms with Crippen LogP contribution in [0.2, 0.25) is 0 Å². The average molecular weight is 300 g/mol. The Labute approximate surface area is 112 Å². The van der Waals surface area contributed by atoms with Gasteiger partial charge in [0.25, 0.3) is 15.7 Å². The maximum absolute atomic E-state index is 13.2. The van der Waals surface area contributed by atoms with E-state index < -0.39 is 20.8 Å². The van der Waals surface area contributed by atoms with Gasteiger partial charge in [-0.2, -0.15) is 0 Å². The van der Waals surface area contributed by atoms with Crippen LogP contribution in [0.5, 0.6) is 0 Å². The van der Waals surface area contributed by atoms with Gasteiger partial charge >= 0.3 is 0 Å². The third-order valence-electron chi connectivity index (χ3n) is 2.42. The first-order valence-corrected chi connectivity index (χ1v) is 6.79. The van der Waals surface area contributed by atoms with Crippen molar-refractivity contribution < 1.29 is 17.7 Å². The van der Waals surface area contributed by atoms with E-state index in [1.54, 1.807) is 0 Å². The summed E-state index contributed by atoms with van der Waals surface area (Å²) in [7, 11) is -3.92. The van der Waals surface area contributed by atoms with E-state index in [0.717, 1.165) is 18.3 Å². The van der Waals surface area contributed by atoms with E-state index in [2.05, 4.69) is 4.98 Å². The van der Waals surface area contributed by atoms with Gasteiger partial charge in [0.05, 0.1) is 17.3 Å². The molecule has 0 atom stereocenters. The molecule has 1 heterocycles. The lowest BCUT2D eigenvalue weighted by Crippen LogP contribution is -2.12. The van der Waals surface area contributed by atoms with Gasteiger partial charge in [0, 0.05) is 18.8 Å². The van der Waals surface area contributed by atoms with E-state index in [4.69, 9.17) is 5.14 Å². The van der Waals surface area contributed by atoms with Crippen molar-refractivity contribution in [2.24, 2.45) is 5.14 Å². The number of benzene rings is 1. The smallest absolute Gasteiger partial charge is 0.272 e. The van der Waals surface area contributed by atoms with Crippen LogP contribution in [0.3, 0.4) is 0 Å². The zero-order chi connectivity index (χ0) is 14.9. The Morgan fingerprint density at radius 1 is 1.40 bits per heavy atom. The lowest BCUT2D eigenvalue weighted by atomic mass is 10.2. The summed E-state index contributed by atoms with van der Waals surface area (Å²) in [5.41, 5.74) is -0.0816. The topological polar surface area (TPSA) is 121 Å². The summed E-state index contributed by atoms with van der Waals surface area (Å²) in [6.07, 6.45) is 2.35. The van der Waals surface area contributed by atoms with Crippen molar-refractivity contribution in [3.63, 3.8) is 0 Å². The molecule has 10 heteroatoms. The van der Waals surface area contributed by atoms with Crippen LogP contribution in [0, 0.1) is 15.9 Å². The molecule has 2 rings (SSSR count). The Bertz CT molecular complexity index is 771. The number of nitrogens with zero attached hydrogens (tertiary/aromatic N) is 3. The molecule has 0 spiro atoms. The summed E-state index contributed by atoms with van der Waals surface area (Å²) in [5.74, 6) is -0.749. The van der Waals surface area contributed by atoms with Crippen LogP contribution < -0.4 is 5.14 Å². The Hall–Kier alpha value is -2.33. The molecule has 8 nitrogen and oxygen atoms in total. The summed E-state index contributed by atoms with van der Waals surface area (Å²) in [5, 5.41) is 15.2. The lowest BCUT2D eigenvalue weighted by Gasteiger charge is -2.02. The molecule has 0 fully saturated rings. The van der Waals surface area contributed by atoms with Crippen LogP contribution in [-0.4, -0.2) is 22.9 Å². The number of non-ortho nitro benzene ring substituents is 1. The van der Waals surface area contributed by atoms with E-state index >= 15 is 0 Å². The van der Waals surface area contributed by atoms with E-state index in [0.29, 0.717) is 5.56 Å². The quantitative estimate of drug-likeness (QED) is 0.655. The number of hydrogen-bond acceptors (Lipinski definition) is 5. The molecule has 0 aliphatic rings. The molecule has 0 unspecified atom stereocenters. The molecule has 2 aromatic rings. The van der Waals surface area contributed by atoms with Gasteiger partial charge in [0.2, 0.25) is 0 Å². The Morgan fingerprint density at radius 2 is 2.10 bits per heavy atom. The number of rotatable bonds is 4. The first-order chi connectivity index (χ1) is 9.25. The van der Waals surface area contributed by atoms with Crippen molar-refractivity contribution in [3.8, 4) is 0 Å². The molecular formula is C10H9FN4O4S. The molecule has 2 N–H and O–H groups in total. The minimum atomic E-state index is -3.92. The highest BCUT2D eigenvalue weighted by atomic mass is 32.2. The number of sulfonamides is 1. The molecule has 0 aliphatic carbocycles. The second-order valence-corrected chi connectivity index (χ2v) is 5.51. The summed E-state index contributed by atoms with van der Waals surface area (Å²) >= 11 is 0. The number of hydrogen-bond donors (Lipinski definition) is 1. The maximum Gasteiger partial charge on any atom is 0.272 e. The van der Waals surface area contributed by atoms with Gasteiger partial charge in [-0.1, -0.05) is 0 Å². The largest absolute Gasteiger partial charge is 0.332 e. The summed E-state index contributed by atoms with van der Waals surface area (Å²) < 4.78 is 36.7. The zero-order valence-electron chi connectivity index (χ0n) is 9.93. The fraction of sp³-hybridized carbons (Fsp3) is 0.100. The molecule has 1 aromatic carbocycles. The highest BCUT2D eigenvalue weighted by molar-refractivity contribution is 7.89. The van der Waals surface area contributed by atoms with Gasteiger partial charge in [-0.15, -0.1) is 0 Å². The third-order valence-corrected chi connectivity index (χ3v) is 3.21. The van der Waals surface area contributed by atoms with Crippen molar-refractivity contribution in [2.75, 3.05) is 0 Å². The van der Waals surface area contributed by atoms with Crippen LogP contribution in [-0.2, 0) is 16.6 Å². The molecule has 0 radical (unpaired) electrons. The first-order valence-electron chi connectivity index (χ1n) is 5.24. The maximum atomic E-state index is 13.2. The third kappa shape index (κ3) is 3.16. The van der Waals surface area contributed by atoms with Crippen molar-refractivity contribution in [1.82, 2.24) is 9.55 Å². The molecule has 0 saturated carbocycles. The van der Waals surface area contributed by atoms with Gasteiger partial charge in [0.1, 0.15) is 5.82 Å². The molecule has 0 amide bonds. The Morgan fingerprint density at radius 3 is 2.65 bits per heavy atom. The number of halogens is 1. The minimum Gasteiger partial charge on any atom is -0.332 e. The van der Waals surface area contributed by atoms with E-state index in [1.165, 1.54) is 17.0 Å². The Kier molecular flexibility index (Phi) is 3.51. The van der Waals surface area contributed by atoms with Gasteiger partial charge in [0.15, 0.2) is 5.03 Å². The van der Waals surface area contributed by atoms with Crippen molar-refractivity contribution in [2.45, 2.75) is 11.6 Å². The van der Waals surface area contributed by atoms with Gasteiger partial charge in [-0.05, 0) is 11.6 Å². The minimum absolute atomic E-state index is 0.0289. The Balaban J connectivity index is 2.30. The molecule has 0 bridgehead atoms. The number of nitro benzene ring substituents is 1. The van der Waals surface area contributed by atoms with Crippen LogP contribution in [0.1, 0.15) is 5.56 Å². The summed E-state index contributed by atoms with van der Waals surface area (Å²) in [6.45, 7) is 0.0289. The molecular weight excluding hydrogens is 291 g/mol. The SMILES string of the molecule is NS(=O)(=O)c1cn(Cc2cc(F)cc([N+](=O)[O-])c2)cn1. The lowest BCUT2D eigenvalue weighted by molar-refractivity contribution is -0.385. The second-order valence-electron chi connectivity index (χ2n) is 4.00. The monoisotopic (exact) mass is 300 g/mol.